The molecule has 1 aromatic heterocycles. The van der Waals surface area contributed by atoms with Crippen LogP contribution in [0.2, 0.25) is 0 Å². The lowest BCUT2D eigenvalue weighted by Gasteiger charge is -2.12. The molecule has 2 N–H and O–H groups in total. The van der Waals surface area contributed by atoms with Crippen molar-refractivity contribution in [3.8, 4) is 17.0 Å². The average molecular weight is 508 g/mol. The van der Waals surface area contributed by atoms with Crippen molar-refractivity contribution in [1.82, 2.24) is 9.71 Å². The third-order valence-electron chi connectivity index (χ3n) is 5.19. The molecule has 0 atom stereocenters. The summed E-state index contributed by atoms with van der Waals surface area (Å²) in [6, 6.07) is 21.3. The number of carbonyl (C=O) groups is 1. The van der Waals surface area contributed by atoms with Gasteiger partial charge < -0.3 is 10.1 Å². The zero-order valence-electron chi connectivity index (χ0n) is 19.3. The van der Waals surface area contributed by atoms with Crippen molar-refractivity contribution >= 4 is 33.0 Å². The summed E-state index contributed by atoms with van der Waals surface area (Å²) in [5, 5.41) is 5.77. The van der Waals surface area contributed by atoms with E-state index in [0.29, 0.717) is 17.0 Å². The van der Waals surface area contributed by atoms with Crippen molar-refractivity contribution < 1.29 is 17.9 Å². The van der Waals surface area contributed by atoms with Gasteiger partial charge in [-0.3, -0.25) is 4.79 Å². The van der Waals surface area contributed by atoms with Crippen LogP contribution in [0.25, 0.3) is 11.3 Å². The summed E-state index contributed by atoms with van der Waals surface area (Å²) in [5.74, 6) is 0.117. The van der Waals surface area contributed by atoms with Crippen LogP contribution in [-0.4, -0.2) is 25.9 Å². The third-order valence-corrected chi connectivity index (χ3v) is 7.36. The number of aromatic nitrogens is 1. The lowest BCUT2D eigenvalue weighted by Crippen LogP contribution is -2.23. The topological polar surface area (TPSA) is 97.4 Å². The number of hydrogen-bond donors (Lipinski definition) is 2. The first-order valence-corrected chi connectivity index (χ1v) is 13.3. The quantitative estimate of drug-likeness (QED) is 0.335. The van der Waals surface area contributed by atoms with Gasteiger partial charge in [-0.2, -0.15) is 0 Å². The van der Waals surface area contributed by atoms with Gasteiger partial charge in [0, 0.05) is 23.2 Å². The fraction of sp³-hybridized carbons (Fsp3) is 0.154. The number of aryl methyl sites for hydroxylation is 2. The Kier molecular flexibility index (Phi) is 7.60. The maximum absolute atomic E-state index is 12.6. The fourth-order valence-corrected chi connectivity index (χ4v) is 5.13. The molecule has 1 heterocycles. The van der Waals surface area contributed by atoms with Gasteiger partial charge in [-0.15, -0.1) is 11.3 Å². The Morgan fingerprint density at radius 1 is 1.00 bits per heavy atom. The van der Waals surface area contributed by atoms with Crippen molar-refractivity contribution in [3.05, 3.63) is 94.3 Å². The largest absolute Gasteiger partial charge is 0.483 e. The van der Waals surface area contributed by atoms with E-state index in [0.717, 1.165) is 21.8 Å². The number of ether oxygens (including phenoxy) is 1. The van der Waals surface area contributed by atoms with Crippen LogP contribution < -0.4 is 14.8 Å². The van der Waals surface area contributed by atoms with Crippen molar-refractivity contribution in [1.29, 1.82) is 0 Å². The van der Waals surface area contributed by atoms with E-state index in [1.54, 1.807) is 30.4 Å². The summed E-state index contributed by atoms with van der Waals surface area (Å²) in [5.41, 5.74) is 3.90. The number of amides is 1. The first-order valence-electron chi connectivity index (χ1n) is 10.9. The lowest BCUT2D eigenvalue weighted by molar-refractivity contribution is -0.118. The predicted molar refractivity (Wildman–Crippen MR) is 138 cm³/mol. The number of sulfonamides is 1. The minimum atomic E-state index is -3.68. The first kappa shape index (κ1) is 24.6. The van der Waals surface area contributed by atoms with Crippen molar-refractivity contribution in [2.24, 2.45) is 0 Å². The highest BCUT2D eigenvalue weighted by atomic mass is 32.2. The van der Waals surface area contributed by atoms with Crippen LogP contribution in [0, 0.1) is 13.8 Å². The van der Waals surface area contributed by atoms with Crippen LogP contribution in [0.4, 0.5) is 5.69 Å². The van der Waals surface area contributed by atoms with Gasteiger partial charge in [-0.25, -0.2) is 18.1 Å². The monoisotopic (exact) mass is 507 g/mol. The SMILES string of the molecule is Cc1nc(-c2cccc(NC(=O)COc3ccc(S(=O)(=O)NCc4ccccc4)cc3C)c2)cs1. The molecule has 4 rings (SSSR count). The van der Waals surface area contributed by atoms with Gasteiger partial charge in [0.25, 0.3) is 5.91 Å². The Morgan fingerprint density at radius 2 is 1.80 bits per heavy atom. The molecule has 0 unspecified atom stereocenters. The molecule has 35 heavy (non-hydrogen) atoms. The summed E-state index contributed by atoms with van der Waals surface area (Å²) in [4.78, 5) is 17.0. The molecule has 0 spiro atoms. The maximum atomic E-state index is 12.6. The molecule has 9 heteroatoms. The number of anilines is 1. The number of nitrogens with one attached hydrogen (secondary N) is 2. The Hall–Kier alpha value is -3.53. The second-order valence-electron chi connectivity index (χ2n) is 7.91. The minimum Gasteiger partial charge on any atom is -0.483 e. The highest BCUT2D eigenvalue weighted by Gasteiger charge is 2.16. The number of rotatable bonds is 9. The number of benzene rings is 3. The summed E-state index contributed by atoms with van der Waals surface area (Å²) in [6.45, 7) is 3.67. The van der Waals surface area contributed by atoms with Crippen LogP contribution in [0.5, 0.6) is 5.75 Å². The lowest BCUT2D eigenvalue weighted by atomic mass is 10.1. The van der Waals surface area contributed by atoms with Crippen LogP contribution in [-0.2, 0) is 21.4 Å². The van der Waals surface area contributed by atoms with Gasteiger partial charge in [0.2, 0.25) is 10.0 Å². The van der Waals surface area contributed by atoms with Crippen LogP contribution >= 0.6 is 11.3 Å². The van der Waals surface area contributed by atoms with E-state index in [4.69, 9.17) is 4.74 Å². The van der Waals surface area contributed by atoms with Gasteiger partial charge in [0.15, 0.2) is 6.61 Å². The molecule has 4 aromatic rings. The number of carbonyl (C=O) groups excluding carboxylic acids is 1. The Morgan fingerprint density at radius 3 is 2.51 bits per heavy atom. The summed E-state index contributed by atoms with van der Waals surface area (Å²) in [6.07, 6.45) is 0. The zero-order valence-corrected chi connectivity index (χ0v) is 20.9. The van der Waals surface area contributed by atoms with E-state index >= 15 is 0 Å². The molecule has 3 aromatic carbocycles. The van der Waals surface area contributed by atoms with E-state index in [2.05, 4.69) is 15.0 Å². The Bertz CT molecular complexity index is 1430. The molecule has 0 aliphatic rings. The third kappa shape index (κ3) is 6.54. The highest BCUT2D eigenvalue weighted by molar-refractivity contribution is 7.89. The molecule has 7 nitrogen and oxygen atoms in total. The number of hydrogen-bond acceptors (Lipinski definition) is 6. The molecular formula is C26H25N3O4S2. The van der Waals surface area contributed by atoms with Crippen molar-refractivity contribution in [3.63, 3.8) is 0 Å². The summed E-state index contributed by atoms with van der Waals surface area (Å²) in [7, 11) is -3.68. The summed E-state index contributed by atoms with van der Waals surface area (Å²) < 4.78 is 33.5. The van der Waals surface area contributed by atoms with Crippen LogP contribution in [0.15, 0.2) is 83.1 Å². The van der Waals surface area contributed by atoms with Crippen LogP contribution in [0.1, 0.15) is 16.1 Å². The molecular weight excluding hydrogens is 482 g/mol. The molecule has 0 fully saturated rings. The molecule has 0 bridgehead atoms. The summed E-state index contributed by atoms with van der Waals surface area (Å²) >= 11 is 1.57. The smallest absolute Gasteiger partial charge is 0.262 e. The number of thiazole rings is 1. The molecule has 0 aliphatic heterocycles. The Labute approximate surface area is 208 Å². The zero-order chi connectivity index (χ0) is 24.8. The van der Waals surface area contributed by atoms with E-state index in [-0.39, 0.29) is 24.0 Å². The van der Waals surface area contributed by atoms with E-state index < -0.39 is 10.0 Å². The molecule has 0 saturated carbocycles. The predicted octanol–water partition coefficient (Wildman–Crippen LogP) is 4.92. The number of nitrogens with zero attached hydrogens (tertiary/aromatic N) is 1. The average Bonchev–Trinajstić information content (AvgIpc) is 3.29. The maximum Gasteiger partial charge on any atom is 0.262 e. The second-order valence-corrected chi connectivity index (χ2v) is 10.7. The van der Waals surface area contributed by atoms with Gasteiger partial charge >= 0.3 is 0 Å². The molecule has 0 aliphatic carbocycles. The standard InChI is InChI=1S/C26H25N3O4S2/c1-18-13-23(35(31,32)27-15-20-7-4-3-5-8-20)11-12-25(18)33-16-26(30)29-22-10-6-9-21(14-22)24-17-34-19(2)28-24/h3-14,17,27H,15-16H2,1-2H3,(H,29,30). The van der Waals surface area contributed by atoms with E-state index in [9.17, 15) is 13.2 Å². The van der Waals surface area contributed by atoms with Gasteiger partial charge in [-0.1, -0.05) is 42.5 Å². The van der Waals surface area contributed by atoms with E-state index in [1.807, 2.05) is 60.8 Å². The molecule has 0 radical (unpaired) electrons. The molecule has 1 amide bonds. The minimum absolute atomic E-state index is 0.136. The highest BCUT2D eigenvalue weighted by Crippen LogP contribution is 2.25. The van der Waals surface area contributed by atoms with Gasteiger partial charge in [0.05, 0.1) is 15.6 Å². The van der Waals surface area contributed by atoms with Gasteiger partial charge in [0.1, 0.15) is 5.75 Å². The van der Waals surface area contributed by atoms with Crippen molar-refractivity contribution in [2.45, 2.75) is 25.3 Å². The normalized spacial score (nSPS) is 11.3. The van der Waals surface area contributed by atoms with Gasteiger partial charge in [-0.05, 0) is 55.3 Å². The van der Waals surface area contributed by atoms with Crippen LogP contribution in [0.3, 0.4) is 0 Å². The van der Waals surface area contributed by atoms with Crippen molar-refractivity contribution in [2.75, 3.05) is 11.9 Å². The molecule has 180 valence electrons. The second kappa shape index (κ2) is 10.8. The molecule has 0 saturated heterocycles. The Balaban J connectivity index is 1.35. The van der Waals surface area contributed by atoms with E-state index in [1.165, 1.54) is 12.1 Å². The first-order chi connectivity index (χ1) is 16.8. The fourth-order valence-electron chi connectivity index (χ4n) is 3.40.